The van der Waals surface area contributed by atoms with E-state index in [2.05, 4.69) is 29.0 Å². The Kier molecular flexibility index (Phi) is 6.88. The molecule has 2 rings (SSSR count). The van der Waals surface area contributed by atoms with Crippen LogP contribution < -0.4 is 10.2 Å². The van der Waals surface area contributed by atoms with Crippen molar-refractivity contribution in [2.75, 3.05) is 23.3 Å². The predicted molar refractivity (Wildman–Crippen MR) is 101 cm³/mol. The number of benzene rings is 1. The van der Waals surface area contributed by atoms with E-state index < -0.39 is 0 Å². The summed E-state index contributed by atoms with van der Waals surface area (Å²) in [6.45, 7) is 6.14. The molecule has 0 bridgehead atoms. The van der Waals surface area contributed by atoms with Gasteiger partial charge in [0.25, 0.3) is 5.91 Å². The van der Waals surface area contributed by atoms with Crippen LogP contribution in [0.2, 0.25) is 10.0 Å². The Morgan fingerprint density at radius 2 is 1.67 bits per heavy atom. The van der Waals surface area contributed by atoms with Crippen molar-refractivity contribution >= 4 is 40.5 Å². The molecule has 128 valence electrons. The molecular formula is C18H21Cl2N3O. The van der Waals surface area contributed by atoms with Gasteiger partial charge < -0.3 is 10.2 Å². The summed E-state index contributed by atoms with van der Waals surface area (Å²) in [6.07, 6.45) is 5.42. The van der Waals surface area contributed by atoms with E-state index in [1.807, 2.05) is 6.07 Å². The summed E-state index contributed by atoms with van der Waals surface area (Å²) in [6, 6.07) is 6.79. The first kappa shape index (κ1) is 18.6. The van der Waals surface area contributed by atoms with E-state index in [1.165, 1.54) is 0 Å². The third-order valence-electron chi connectivity index (χ3n) is 3.46. The van der Waals surface area contributed by atoms with Gasteiger partial charge in [-0.1, -0.05) is 37.0 Å². The summed E-state index contributed by atoms with van der Waals surface area (Å²) >= 11 is 11.9. The predicted octanol–water partition coefficient (Wildman–Crippen LogP) is 5.27. The lowest BCUT2D eigenvalue weighted by molar-refractivity contribution is 0.102. The molecule has 6 heteroatoms. The Labute approximate surface area is 152 Å². The molecular weight excluding hydrogens is 345 g/mol. The van der Waals surface area contributed by atoms with Crippen molar-refractivity contribution in [1.29, 1.82) is 0 Å². The highest BCUT2D eigenvalue weighted by Gasteiger charge is 2.11. The molecule has 1 N–H and O–H groups in total. The molecule has 0 atom stereocenters. The van der Waals surface area contributed by atoms with Crippen molar-refractivity contribution < 1.29 is 4.79 Å². The summed E-state index contributed by atoms with van der Waals surface area (Å²) in [7, 11) is 0. The van der Waals surface area contributed by atoms with E-state index in [0.717, 1.165) is 31.6 Å². The van der Waals surface area contributed by atoms with Crippen LogP contribution in [-0.2, 0) is 0 Å². The average molecular weight is 366 g/mol. The van der Waals surface area contributed by atoms with Gasteiger partial charge in [-0.15, -0.1) is 0 Å². The summed E-state index contributed by atoms with van der Waals surface area (Å²) in [4.78, 5) is 18.9. The third kappa shape index (κ3) is 5.11. The fourth-order valence-electron chi connectivity index (χ4n) is 2.46. The van der Waals surface area contributed by atoms with Gasteiger partial charge in [-0.05, 0) is 37.1 Å². The molecule has 0 aliphatic rings. The lowest BCUT2D eigenvalue weighted by atomic mass is 10.2. The summed E-state index contributed by atoms with van der Waals surface area (Å²) in [5.74, 6) is -0.240. The quantitative estimate of drug-likeness (QED) is 0.726. The number of pyridine rings is 1. The molecule has 0 aliphatic heterocycles. The van der Waals surface area contributed by atoms with Gasteiger partial charge in [0.15, 0.2) is 0 Å². The minimum Gasteiger partial charge on any atom is -0.370 e. The number of carbonyl (C=O) groups is 1. The van der Waals surface area contributed by atoms with E-state index in [-0.39, 0.29) is 5.91 Å². The topological polar surface area (TPSA) is 45.2 Å². The number of nitrogens with one attached hydrogen (secondary N) is 1. The average Bonchev–Trinajstić information content (AvgIpc) is 2.54. The number of amides is 1. The van der Waals surface area contributed by atoms with E-state index in [9.17, 15) is 4.79 Å². The van der Waals surface area contributed by atoms with Crippen molar-refractivity contribution in [1.82, 2.24) is 4.98 Å². The molecule has 2 aromatic rings. The smallest absolute Gasteiger partial charge is 0.257 e. The fourth-order valence-corrected chi connectivity index (χ4v) is 2.99. The van der Waals surface area contributed by atoms with Crippen LogP contribution >= 0.6 is 23.2 Å². The van der Waals surface area contributed by atoms with Crippen LogP contribution in [-0.4, -0.2) is 24.0 Å². The van der Waals surface area contributed by atoms with Crippen molar-refractivity contribution in [3.8, 4) is 0 Å². The molecule has 24 heavy (non-hydrogen) atoms. The van der Waals surface area contributed by atoms with Crippen LogP contribution in [0.3, 0.4) is 0 Å². The Morgan fingerprint density at radius 3 is 2.25 bits per heavy atom. The highest BCUT2D eigenvalue weighted by molar-refractivity contribution is 6.35. The Morgan fingerprint density at radius 1 is 1.04 bits per heavy atom. The molecule has 0 saturated heterocycles. The normalized spacial score (nSPS) is 10.5. The zero-order chi connectivity index (χ0) is 17.5. The number of nitrogens with zero attached hydrogens (tertiary/aromatic N) is 2. The van der Waals surface area contributed by atoms with Gasteiger partial charge in [0.2, 0.25) is 0 Å². The van der Waals surface area contributed by atoms with Crippen LogP contribution in [0.25, 0.3) is 0 Å². The maximum Gasteiger partial charge on any atom is 0.257 e. The monoisotopic (exact) mass is 365 g/mol. The van der Waals surface area contributed by atoms with Crippen LogP contribution in [0.4, 0.5) is 11.4 Å². The van der Waals surface area contributed by atoms with Gasteiger partial charge in [0.1, 0.15) is 0 Å². The Hall–Kier alpha value is -1.78. The SMILES string of the molecule is CCCN(CCC)c1cncc(C(=O)Nc2cc(Cl)cc(Cl)c2)c1. The molecule has 1 aromatic heterocycles. The number of halogens is 2. The number of hydrogen-bond acceptors (Lipinski definition) is 3. The summed E-state index contributed by atoms with van der Waals surface area (Å²) < 4.78 is 0. The number of aromatic nitrogens is 1. The Bertz CT molecular complexity index is 680. The molecule has 1 heterocycles. The zero-order valence-corrected chi connectivity index (χ0v) is 15.4. The van der Waals surface area contributed by atoms with E-state index in [0.29, 0.717) is 21.3 Å². The van der Waals surface area contributed by atoms with Gasteiger partial charge in [-0.2, -0.15) is 0 Å². The maximum absolute atomic E-state index is 12.5. The zero-order valence-electron chi connectivity index (χ0n) is 13.9. The fraction of sp³-hybridized carbons (Fsp3) is 0.333. The standard InChI is InChI=1S/C18H21Cl2N3O/c1-3-5-23(6-4-2)17-7-13(11-21-12-17)18(24)22-16-9-14(19)8-15(20)10-16/h7-12H,3-6H2,1-2H3,(H,22,24). The molecule has 1 amide bonds. The van der Waals surface area contributed by atoms with E-state index >= 15 is 0 Å². The van der Waals surface area contributed by atoms with Crippen molar-refractivity contribution in [3.63, 3.8) is 0 Å². The van der Waals surface area contributed by atoms with Crippen LogP contribution in [0.5, 0.6) is 0 Å². The van der Waals surface area contributed by atoms with Crippen molar-refractivity contribution in [3.05, 3.63) is 52.3 Å². The van der Waals surface area contributed by atoms with Gasteiger partial charge in [0, 0.05) is 35.0 Å². The van der Waals surface area contributed by atoms with Crippen molar-refractivity contribution in [2.24, 2.45) is 0 Å². The second-order valence-electron chi connectivity index (χ2n) is 5.53. The van der Waals surface area contributed by atoms with Crippen LogP contribution in [0.1, 0.15) is 37.0 Å². The molecule has 0 fully saturated rings. The van der Waals surface area contributed by atoms with Gasteiger partial charge in [0.05, 0.1) is 17.4 Å². The third-order valence-corrected chi connectivity index (χ3v) is 3.90. The first-order valence-electron chi connectivity index (χ1n) is 8.01. The second kappa shape index (κ2) is 8.90. The van der Waals surface area contributed by atoms with E-state index in [1.54, 1.807) is 30.6 Å². The number of anilines is 2. The van der Waals surface area contributed by atoms with Gasteiger partial charge >= 0.3 is 0 Å². The molecule has 0 radical (unpaired) electrons. The van der Waals surface area contributed by atoms with Gasteiger partial charge in [-0.25, -0.2) is 0 Å². The summed E-state index contributed by atoms with van der Waals surface area (Å²) in [5, 5.41) is 3.75. The van der Waals surface area contributed by atoms with E-state index in [4.69, 9.17) is 23.2 Å². The molecule has 0 saturated carbocycles. The molecule has 1 aromatic carbocycles. The Balaban J connectivity index is 2.18. The maximum atomic E-state index is 12.5. The largest absolute Gasteiger partial charge is 0.370 e. The number of rotatable bonds is 7. The molecule has 0 spiro atoms. The minimum atomic E-state index is -0.240. The van der Waals surface area contributed by atoms with Crippen LogP contribution in [0.15, 0.2) is 36.7 Å². The molecule has 4 nitrogen and oxygen atoms in total. The number of carbonyl (C=O) groups excluding carboxylic acids is 1. The minimum absolute atomic E-state index is 0.240. The lowest BCUT2D eigenvalue weighted by Crippen LogP contribution is -2.25. The first-order valence-corrected chi connectivity index (χ1v) is 8.76. The van der Waals surface area contributed by atoms with Gasteiger partial charge in [-0.3, -0.25) is 9.78 Å². The lowest BCUT2D eigenvalue weighted by Gasteiger charge is -2.23. The highest BCUT2D eigenvalue weighted by atomic mass is 35.5. The number of hydrogen-bond donors (Lipinski definition) is 1. The molecule has 0 unspecified atom stereocenters. The summed E-state index contributed by atoms with van der Waals surface area (Å²) in [5.41, 5.74) is 2.01. The second-order valence-corrected chi connectivity index (χ2v) is 6.40. The molecule has 0 aliphatic carbocycles. The first-order chi connectivity index (χ1) is 11.5. The van der Waals surface area contributed by atoms with Crippen LogP contribution in [0, 0.1) is 0 Å². The highest BCUT2D eigenvalue weighted by Crippen LogP contribution is 2.23. The van der Waals surface area contributed by atoms with Crippen molar-refractivity contribution in [2.45, 2.75) is 26.7 Å².